The molecule has 6 fully saturated rings. The molecule has 9 heteroatoms. The predicted molar refractivity (Wildman–Crippen MR) is 131 cm³/mol. The van der Waals surface area contributed by atoms with E-state index in [9.17, 15) is 14.4 Å². The molecule has 3 saturated carbocycles. The molecule has 9 nitrogen and oxygen atoms in total. The zero-order valence-electron chi connectivity index (χ0n) is 21.1. The highest BCUT2D eigenvalue weighted by Gasteiger charge is 2.45. The van der Waals surface area contributed by atoms with Gasteiger partial charge in [-0.25, -0.2) is 28.1 Å². The summed E-state index contributed by atoms with van der Waals surface area (Å²) in [6, 6.07) is 0. The molecule has 6 aliphatic rings. The minimum absolute atomic E-state index is 0.377. The zero-order valence-corrected chi connectivity index (χ0v) is 21.1. The summed E-state index contributed by atoms with van der Waals surface area (Å²) in [5, 5.41) is 0. The molecule has 0 aromatic carbocycles. The Morgan fingerprint density at radius 1 is 0.472 bits per heavy atom. The Morgan fingerprint density at radius 2 is 0.778 bits per heavy atom. The molecule has 9 unspecified atom stereocenters. The Balaban J connectivity index is 1.10. The molecule has 0 spiro atoms. The molecule has 0 radical (unpaired) electrons. The summed E-state index contributed by atoms with van der Waals surface area (Å²) in [6.07, 6.45) is 14.3. The number of hydrogen-bond donors (Lipinski definition) is 0. The quantitative estimate of drug-likeness (QED) is 0.480. The molecule has 3 aliphatic carbocycles. The van der Waals surface area contributed by atoms with Crippen LogP contribution in [0.25, 0.3) is 0 Å². The van der Waals surface area contributed by atoms with Gasteiger partial charge in [-0.05, 0) is 94.8 Å². The molecule has 1 aromatic rings. The van der Waals surface area contributed by atoms with Crippen molar-refractivity contribution in [3.8, 4) is 0 Å². The van der Waals surface area contributed by atoms with Crippen LogP contribution in [0.5, 0.6) is 0 Å². The second-order valence-corrected chi connectivity index (χ2v) is 12.3. The van der Waals surface area contributed by atoms with Gasteiger partial charge in [-0.2, -0.15) is 0 Å². The average molecular weight is 502 g/mol. The lowest BCUT2D eigenvalue weighted by atomic mass is 9.87. The lowest BCUT2D eigenvalue weighted by Gasteiger charge is -2.22. The third-order valence-corrected chi connectivity index (χ3v) is 10.0. The monoisotopic (exact) mass is 501 g/mol. The van der Waals surface area contributed by atoms with E-state index in [0.717, 1.165) is 77.0 Å². The SMILES string of the molecule is O=c1n(CCC2CCC3OC3C2)c(=O)n(CCC2CCC3OC3C2)c(=O)n1CCC1CCC2OC2C1. The standard InChI is InChI=1S/C27H39N3O6/c31-25-28(10-7-16-1-4-19-22(13-16)34-19)26(32)30(12-9-18-3-6-21-24(15-18)36-21)27(33)29(25)11-8-17-2-5-20-23(14-17)35-20/h16-24H,1-15H2. The van der Waals surface area contributed by atoms with Crippen molar-refractivity contribution in [3.63, 3.8) is 0 Å². The van der Waals surface area contributed by atoms with Crippen LogP contribution in [0.2, 0.25) is 0 Å². The van der Waals surface area contributed by atoms with Crippen LogP contribution in [0.4, 0.5) is 0 Å². The first-order valence-corrected chi connectivity index (χ1v) is 14.4. The van der Waals surface area contributed by atoms with Crippen LogP contribution in [0, 0.1) is 17.8 Å². The first-order chi connectivity index (χ1) is 17.5. The fourth-order valence-electron chi connectivity index (χ4n) is 7.44. The van der Waals surface area contributed by atoms with Gasteiger partial charge in [-0.1, -0.05) is 0 Å². The summed E-state index contributed by atoms with van der Waals surface area (Å²) in [7, 11) is 0. The van der Waals surface area contributed by atoms with E-state index < -0.39 is 17.1 Å². The number of epoxide rings is 3. The molecule has 1 aromatic heterocycles. The summed E-state index contributed by atoms with van der Waals surface area (Å²) in [4.78, 5) is 40.4. The topological polar surface area (TPSA) is 104 Å². The molecule has 4 heterocycles. The van der Waals surface area contributed by atoms with Gasteiger partial charge >= 0.3 is 17.1 Å². The molecule has 0 bridgehead atoms. The number of nitrogens with zero attached hydrogens (tertiary/aromatic N) is 3. The lowest BCUT2D eigenvalue weighted by Crippen LogP contribution is -2.55. The highest BCUT2D eigenvalue weighted by Crippen LogP contribution is 2.42. The summed E-state index contributed by atoms with van der Waals surface area (Å²) < 4.78 is 21.0. The Kier molecular flexibility index (Phi) is 6.01. The van der Waals surface area contributed by atoms with E-state index >= 15 is 0 Å². The Bertz CT molecular complexity index is 998. The zero-order chi connectivity index (χ0) is 24.4. The van der Waals surface area contributed by atoms with Gasteiger partial charge < -0.3 is 14.2 Å². The van der Waals surface area contributed by atoms with Gasteiger partial charge in [0.25, 0.3) is 0 Å². The van der Waals surface area contributed by atoms with E-state index in [1.54, 1.807) is 0 Å². The van der Waals surface area contributed by atoms with Crippen molar-refractivity contribution in [2.45, 2.75) is 133 Å². The van der Waals surface area contributed by atoms with Gasteiger partial charge in [0.05, 0.1) is 36.6 Å². The average Bonchev–Trinajstić information content (AvgIpc) is 3.76. The van der Waals surface area contributed by atoms with Crippen LogP contribution in [0.3, 0.4) is 0 Å². The van der Waals surface area contributed by atoms with Gasteiger partial charge in [0.2, 0.25) is 0 Å². The van der Waals surface area contributed by atoms with Gasteiger partial charge in [0.1, 0.15) is 0 Å². The van der Waals surface area contributed by atoms with Crippen LogP contribution in [0.1, 0.15) is 77.0 Å². The van der Waals surface area contributed by atoms with Crippen molar-refractivity contribution in [2.75, 3.05) is 0 Å². The number of aromatic nitrogens is 3. The van der Waals surface area contributed by atoms with E-state index in [4.69, 9.17) is 14.2 Å². The van der Waals surface area contributed by atoms with E-state index in [1.807, 2.05) is 0 Å². The first-order valence-electron chi connectivity index (χ1n) is 14.4. The molecule has 198 valence electrons. The van der Waals surface area contributed by atoms with Crippen LogP contribution >= 0.6 is 0 Å². The largest absolute Gasteiger partial charge is 0.370 e. The second-order valence-electron chi connectivity index (χ2n) is 12.3. The Hall–Kier alpha value is -1.71. The third kappa shape index (κ3) is 4.67. The number of fused-ring (bicyclic) bond motifs is 3. The van der Waals surface area contributed by atoms with Crippen LogP contribution in [0.15, 0.2) is 14.4 Å². The van der Waals surface area contributed by atoms with Gasteiger partial charge in [-0.15, -0.1) is 0 Å². The van der Waals surface area contributed by atoms with Crippen LogP contribution < -0.4 is 17.1 Å². The molecule has 0 amide bonds. The minimum Gasteiger partial charge on any atom is -0.370 e. The highest BCUT2D eigenvalue weighted by atomic mass is 16.6. The molecular formula is C27H39N3O6. The second kappa shape index (κ2) is 9.24. The summed E-state index contributed by atoms with van der Waals surface area (Å²) in [5.41, 5.74) is -1.29. The maximum absolute atomic E-state index is 13.5. The van der Waals surface area contributed by atoms with Crippen molar-refractivity contribution in [2.24, 2.45) is 17.8 Å². The Labute approximate surface area is 210 Å². The van der Waals surface area contributed by atoms with Gasteiger partial charge in [-0.3, -0.25) is 0 Å². The summed E-state index contributed by atoms with van der Waals surface area (Å²) in [5.74, 6) is 1.41. The number of rotatable bonds is 9. The first kappa shape index (κ1) is 23.4. The van der Waals surface area contributed by atoms with Crippen LogP contribution in [-0.2, 0) is 33.8 Å². The fraction of sp³-hybridized carbons (Fsp3) is 0.889. The number of hydrogen-bond acceptors (Lipinski definition) is 6. The maximum atomic E-state index is 13.5. The lowest BCUT2D eigenvalue weighted by molar-refractivity contribution is 0.304. The smallest absolute Gasteiger partial charge is 0.336 e. The van der Waals surface area contributed by atoms with E-state index in [2.05, 4.69) is 0 Å². The predicted octanol–water partition coefficient (Wildman–Crippen LogP) is 2.04. The molecule has 9 atom stereocenters. The molecule has 3 aliphatic heterocycles. The molecule has 36 heavy (non-hydrogen) atoms. The molecule has 7 rings (SSSR count). The van der Waals surface area contributed by atoms with Crippen LogP contribution in [-0.4, -0.2) is 50.3 Å². The van der Waals surface area contributed by atoms with E-state index in [-0.39, 0.29) is 0 Å². The normalized spacial score (nSPS) is 40.2. The maximum Gasteiger partial charge on any atom is 0.336 e. The van der Waals surface area contributed by atoms with E-state index in [0.29, 0.717) is 74.0 Å². The molecular weight excluding hydrogens is 462 g/mol. The number of ether oxygens (including phenoxy) is 3. The van der Waals surface area contributed by atoms with Crippen molar-refractivity contribution in [1.82, 2.24) is 13.7 Å². The third-order valence-electron chi connectivity index (χ3n) is 10.0. The summed E-state index contributed by atoms with van der Waals surface area (Å²) in [6.45, 7) is 1.13. The van der Waals surface area contributed by atoms with E-state index in [1.165, 1.54) is 13.7 Å². The van der Waals surface area contributed by atoms with Crippen molar-refractivity contribution in [1.29, 1.82) is 0 Å². The highest BCUT2D eigenvalue weighted by molar-refractivity contribution is 4.94. The van der Waals surface area contributed by atoms with Gasteiger partial charge in [0.15, 0.2) is 0 Å². The van der Waals surface area contributed by atoms with Gasteiger partial charge in [0, 0.05) is 19.6 Å². The van der Waals surface area contributed by atoms with Crippen molar-refractivity contribution in [3.05, 3.63) is 31.5 Å². The summed E-state index contributed by atoms with van der Waals surface area (Å²) >= 11 is 0. The molecule has 0 N–H and O–H groups in total. The van der Waals surface area contributed by atoms with Crippen molar-refractivity contribution < 1.29 is 14.2 Å². The molecule has 3 saturated heterocycles. The fourth-order valence-corrected chi connectivity index (χ4v) is 7.44. The Morgan fingerprint density at radius 3 is 1.06 bits per heavy atom. The van der Waals surface area contributed by atoms with Crippen molar-refractivity contribution >= 4 is 0 Å². The minimum atomic E-state index is -0.430.